The van der Waals surface area contributed by atoms with Crippen LogP contribution in [0.15, 0.2) is 48.5 Å². The predicted octanol–water partition coefficient (Wildman–Crippen LogP) is 3.74. The Bertz CT molecular complexity index is 694. The number of ketones is 1. The van der Waals surface area contributed by atoms with Gasteiger partial charge in [0.2, 0.25) is 0 Å². The maximum atomic E-state index is 12.1. The third kappa shape index (κ3) is 5.12. The number of ether oxygens (including phenoxy) is 1. The minimum atomic E-state index is -0.224. The number of urea groups is 1. The molecule has 2 rings (SSSR count). The van der Waals surface area contributed by atoms with E-state index in [4.69, 9.17) is 4.74 Å². The molecule has 1 N–H and O–H groups in total. The van der Waals surface area contributed by atoms with Gasteiger partial charge in [-0.05, 0) is 50.2 Å². The number of nitrogens with one attached hydrogen (secondary N) is 1. The van der Waals surface area contributed by atoms with E-state index in [1.165, 1.54) is 12.5 Å². The number of amides is 2. The van der Waals surface area contributed by atoms with Crippen molar-refractivity contribution in [2.24, 2.45) is 0 Å². The summed E-state index contributed by atoms with van der Waals surface area (Å²) in [4.78, 5) is 24.9. The summed E-state index contributed by atoms with van der Waals surface area (Å²) in [5.41, 5.74) is 2.44. The fourth-order valence-electron chi connectivity index (χ4n) is 2.04. The van der Waals surface area contributed by atoms with E-state index in [9.17, 15) is 9.59 Å². The van der Waals surface area contributed by atoms with Gasteiger partial charge in [-0.3, -0.25) is 4.79 Å². The van der Waals surface area contributed by atoms with Gasteiger partial charge in [-0.15, -0.1) is 0 Å². The number of likely N-dealkylation sites (N-methyl/N-ethyl adjacent to an activating group) is 1. The highest BCUT2D eigenvalue weighted by Crippen LogP contribution is 2.12. The number of benzene rings is 2. The monoisotopic (exact) mass is 326 g/mol. The van der Waals surface area contributed by atoms with E-state index in [1.54, 1.807) is 36.2 Å². The van der Waals surface area contributed by atoms with Crippen molar-refractivity contribution < 1.29 is 14.3 Å². The lowest BCUT2D eigenvalue weighted by Crippen LogP contribution is -2.34. The minimum Gasteiger partial charge on any atom is -0.492 e. The van der Waals surface area contributed by atoms with Crippen molar-refractivity contribution in [2.75, 3.05) is 25.5 Å². The lowest BCUT2D eigenvalue weighted by Gasteiger charge is -2.18. The van der Waals surface area contributed by atoms with E-state index in [2.05, 4.69) is 5.32 Å². The Morgan fingerprint density at radius 2 is 1.67 bits per heavy atom. The molecular weight excluding hydrogens is 304 g/mol. The van der Waals surface area contributed by atoms with Gasteiger partial charge in [0.05, 0.1) is 6.54 Å². The van der Waals surface area contributed by atoms with Crippen LogP contribution in [0.3, 0.4) is 0 Å². The van der Waals surface area contributed by atoms with Crippen molar-refractivity contribution in [3.05, 3.63) is 59.7 Å². The van der Waals surface area contributed by atoms with Crippen molar-refractivity contribution in [2.45, 2.75) is 13.8 Å². The van der Waals surface area contributed by atoms with Crippen LogP contribution in [0.25, 0.3) is 0 Å². The summed E-state index contributed by atoms with van der Waals surface area (Å²) in [6.07, 6.45) is 0. The first-order chi connectivity index (χ1) is 11.5. The molecule has 2 aromatic carbocycles. The molecule has 5 nitrogen and oxygen atoms in total. The van der Waals surface area contributed by atoms with E-state index < -0.39 is 0 Å². The van der Waals surface area contributed by atoms with E-state index in [-0.39, 0.29) is 11.8 Å². The Hall–Kier alpha value is -2.82. The summed E-state index contributed by atoms with van der Waals surface area (Å²) in [5.74, 6) is 0.785. The quantitative estimate of drug-likeness (QED) is 0.823. The van der Waals surface area contributed by atoms with Crippen molar-refractivity contribution in [1.82, 2.24) is 4.90 Å². The zero-order valence-corrected chi connectivity index (χ0v) is 14.2. The van der Waals surface area contributed by atoms with Crippen LogP contribution in [0.4, 0.5) is 10.5 Å². The van der Waals surface area contributed by atoms with Crippen LogP contribution in [0.2, 0.25) is 0 Å². The van der Waals surface area contributed by atoms with Gasteiger partial charge >= 0.3 is 6.03 Å². The fourth-order valence-corrected chi connectivity index (χ4v) is 2.04. The van der Waals surface area contributed by atoms with Gasteiger partial charge in [0.1, 0.15) is 12.4 Å². The molecule has 2 aromatic rings. The molecule has 0 aliphatic rings. The molecule has 2 amide bonds. The molecule has 0 aromatic heterocycles. The predicted molar refractivity (Wildman–Crippen MR) is 94.8 cm³/mol. The molecule has 0 bridgehead atoms. The number of Topliss-reactive ketones (excluding diaryl/α,β-unsaturated/α-hetero) is 1. The smallest absolute Gasteiger partial charge is 0.321 e. The van der Waals surface area contributed by atoms with Crippen LogP contribution in [-0.2, 0) is 0 Å². The second kappa shape index (κ2) is 8.15. The number of hydrogen-bond acceptors (Lipinski definition) is 3. The van der Waals surface area contributed by atoms with Gasteiger partial charge in [0.15, 0.2) is 5.78 Å². The third-order valence-electron chi connectivity index (χ3n) is 3.61. The molecule has 0 heterocycles. The Morgan fingerprint density at radius 1 is 1.04 bits per heavy atom. The molecular formula is C19H22N2O3. The van der Waals surface area contributed by atoms with Crippen LogP contribution in [-0.4, -0.2) is 36.9 Å². The number of nitrogens with zero attached hydrogens (tertiary/aromatic N) is 1. The average Bonchev–Trinajstić information content (AvgIpc) is 2.57. The molecule has 0 aliphatic carbocycles. The van der Waals surface area contributed by atoms with Gasteiger partial charge in [-0.1, -0.05) is 17.7 Å². The Morgan fingerprint density at radius 3 is 2.25 bits per heavy atom. The summed E-state index contributed by atoms with van der Waals surface area (Å²) in [6.45, 7) is 4.40. The Balaban J connectivity index is 1.79. The minimum absolute atomic E-state index is 0.00162. The number of carbonyl (C=O) groups is 2. The molecule has 0 radical (unpaired) electrons. The summed E-state index contributed by atoms with van der Waals surface area (Å²) in [5, 5.41) is 2.78. The van der Waals surface area contributed by atoms with Crippen molar-refractivity contribution in [1.29, 1.82) is 0 Å². The summed E-state index contributed by atoms with van der Waals surface area (Å²) in [7, 11) is 1.71. The lowest BCUT2D eigenvalue weighted by molar-refractivity contribution is 0.101. The van der Waals surface area contributed by atoms with Gasteiger partial charge in [-0.2, -0.15) is 0 Å². The van der Waals surface area contributed by atoms with Gasteiger partial charge in [-0.25, -0.2) is 4.79 Å². The topological polar surface area (TPSA) is 58.6 Å². The maximum Gasteiger partial charge on any atom is 0.321 e. The number of anilines is 1. The highest BCUT2D eigenvalue weighted by atomic mass is 16.5. The summed E-state index contributed by atoms with van der Waals surface area (Å²) < 4.78 is 5.61. The normalized spacial score (nSPS) is 10.1. The second-order valence-corrected chi connectivity index (χ2v) is 5.65. The fraction of sp³-hybridized carbons (Fsp3) is 0.263. The lowest BCUT2D eigenvalue weighted by atomic mass is 10.1. The number of carbonyl (C=O) groups excluding carboxylic acids is 2. The Labute approximate surface area is 142 Å². The van der Waals surface area contributed by atoms with Crippen LogP contribution in [0, 0.1) is 6.92 Å². The second-order valence-electron chi connectivity index (χ2n) is 5.65. The zero-order valence-electron chi connectivity index (χ0n) is 14.2. The first-order valence-corrected chi connectivity index (χ1v) is 7.78. The van der Waals surface area contributed by atoms with E-state index >= 15 is 0 Å². The van der Waals surface area contributed by atoms with Gasteiger partial charge in [0.25, 0.3) is 0 Å². The van der Waals surface area contributed by atoms with Gasteiger partial charge < -0.3 is 15.0 Å². The third-order valence-corrected chi connectivity index (χ3v) is 3.61. The van der Waals surface area contributed by atoms with Crippen molar-refractivity contribution in [3.63, 3.8) is 0 Å². The zero-order chi connectivity index (χ0) is 17.5. The molecule has 5 heteroatoms. The number of hydrogen-bond donors (Lipinski definition) is 1. The average molecular weight is 326 g/mol. The molecule has 0 saturated carbocycles. The molecule has 0 saturated heterocycles. The first kappa shape index (κ1) is 17.5. The van der Waals surface area contributed by atoms with Crippen molar-refractivity contribution >= 4 is 17.5 Å². The SMILES string of the molecule is CC(=O)c1ccc(NC(=O)N(C)CCOc2ccc(C)cc2)cc1. The number of rotatable bonds is 6. The molecule has 0 spiro atoms. The molecule has 126 valence electrons. The maximum absolute atomic E-state index is 12.1. The number of aryl methyl sites for hydroxylation is 1. The summed E-state index contributed by atoms with van der Waals surface area (Å²) >= 11 is 0. The summed E-state index contributed by atoms with van der Waals surface area (Å²) in [6, 6.07) is 14.4. The highest BCUT2D eigenvalue weighted by molar-refractivity contribution is 5.95. The van der Waals surface area contributed by atoms with E-state index in [0.29, 0.717) is 24.4 Å². The molecule has 0 unspecified atom stereocenters. The molecule has 0 aliphatic heterocycles. The molecule has 24 heavy (non-hydrogen) atoms. The molecule has 0 fully saturated rings. The van der Waals surface area contributed by atoms with Crippen molar-refractivity contribution in [3.8, 4) is 5.75 Å². The van der Waals surface area contributed by atoms with Crippen LogP contribution in [0.5, 0.6) is 5.75 Å². The molecule has 0 atom stereocenters. The first-order valence-electron chi connectivity index (χ1n) is 7.78. The largest absolute Gasteiger partial charge is 0.492 e. The van der Waals surface area contributed by atoms with Crippen LogP contribution in [0.1, 0.15) is 22.8 Å². The van der Waals surface area contributed by atoms with Crippen LogP contribution < -0.4 is 10.1 Å². The highest BCUT2D eigenvalue weighted by Gasteiger charge is 2.09. The van der Waals surface area contributed by atoms with Crippen LogP contribution >= 0.6 is 0 Å². The van der Waals surface area contributed by atoms with E-state index in [0.717, 1.165) is 5.75 Å². The Kier molecular flexibility index (Phi) is 5.95. The van der Waals surface area contributed by atoms with Gasteiger partial charge in [0, 0.05) is 18.3 Å². The standard InChI is InChI=1S/C19H22N2O3/c1-14-4-10-18(11-5-14)24-13-12-21(3)19(23)20-17-8-6-16(7-9-17)15(2)22/h4-11H,12-13H2,1-3H3,(H,20,23). The van der Waals surface area contributed by atoms with E-state index in [1.807, 2.05) is 31.2 Å².